The molecule has 5 saturated heterocycles. The molecule has 9 rings (SSSR count). The molecule has 0 radical (unpaired) electrons. The summed E-state index contributed by atoms with van der Waals surface area (Å²) < 4.78 is 70.8. The summed E-state index contributed by atoms with van der Waals surface area (Å²) in [6.45, 7) is -1.56. The van der Waals surface area contributed by atoms with Crippen LogP contribution in [0.1, 0.15) is 40.4 Å². The lowest BCUT2D eigenvalue weighted by Gasteiger charge is -2.46. The summed E-state index contributed by atoms with van der Waals surface area (Å²) in [5.41, 5.74) is -1.93. The number of piperidine rings is 2. The number of aromatic hydroxyl groups is 1. The van der Waals surface area contributed by atoms with Crippen LogP contribution in [0.15, 0.2) is 30.5 Å². The number of hydrogen-bond donors (Lipinski definition) is 3. The van der Waals surface area contributed by atoms with E-state index < -0.39 is 42.0 Å². The molecule has 12 heteroatoms. The first-order chi connectivity index (χ1) is 23.0. The molecule has 2 aromatic carbocycles. The van der Waals surface area contributed by atoms with Gasteiger partial charge in [-0.05, 0) is 49.3 Å². The molecule has 4 aromatic rings. The zero-order chi connectivity index (χ0) is 33.5. The van der Waals surface area contributed by atoms with Crippen LogP contribution in [-0.4, -0.2) is 92.7 Å². The van der Waals surface area contributed by atoms with Crippen LogP contribution < -0.4 is 15.0 Å². The van der Waals surface area contributed by atoms with Crippen molar-refractivity contribution < 1.29 is 30.9 Å². The number of rotatable bonds is 6. The van der Waals surface area contributed by atoms with Crippen LogP contribution in [0.3, 0.4) is 0 Å². The molecule has 46 heavy (non-hydrogen) atoms. The Labute approximate surface area is 266 Å². The first kappa shape index (κ1) is 27.0. The third kappa shape index (κ3) is 4.55. The largest absolute Gasteiger partial charge is 0.508 e. The Morgan fingerprint density at radius 1 is 1.20 bits per heavy atom. The Hall–Kier alpha value is -4.18. The molecule has 0 saturated carbocycles. The molecule has 2 bridgehead atoms. The normalized spacial score (nSPS) is 28.4. The van der Waals surface area contributed by atoms with Gasteiger partial charge in [-0.1, -0.05) is 12.0 Å². The number of terminal acetylenes is 1. The lowest BCUT2D eigenvalue weighted by Crippen LogP contribution is -2.61. The fourth-order valence-corrected chi connectivity index (χ4v) is 7.92. The van der Waals surface area contributed by atoms with Crippen molar-refractivity contribution >= 4 is 27.5 Å². The zero-order valence-electron chi connectivity index (χ0n) is 26.8. The number of nitrogens with one attached hydrogen (secondary N) is 1. The maximum atomic E-state index is 16.9. The molecule has 0 aliphatic carbocycles. The maximum Gasteiger partial charge on any atom is 0.319 e. The van der Waals surface area contributed by atoms with Crippen LogP contribution in [0.2, 0.25) is 0 Å². The van der Waals surface area contributed by atoms with Crippen LogP contribution in [0.25, 0.3) is 32.9 Å². The van der Waals surface area contributed by atoms with E-state index in [1.54, 1.807) is 4.90 Å². The molecule has 5 aliphatic rings. The average Bonchev–Trinajstić information content (AvgIpc) is 3.61. The van der Waals surface area contributed by atoms with E-state index in [0.29, 0.717) is 30.7 Å². The van der Waals surface area contributed by atoms with Crippen LogP contribution >= 0.6 is 0 Å². The minimum atomic E-state index is -2.52. The number of ether oxygens (including phenoxy) is 1. The minimum absolute atomic E-state index is 0.0213. The number of halogens is 3. The van der Waals surface area contributed by atoms with Gasteiger partial charge < -0.3 is 25.2 Å². The van der Waals surface area contributed by atoms with E-state index in [1.807, 2.05) is 4.90 Å². The molecule has 5 unspecified atom stereocenters. The molecule has 5 atom stereocenters. The molecular weight excluding hydrogens is 597 g/mol. The number of benzene rings is 2. The predicted molar refractivity (Wildman–Crippen MR) is 167 cm³/mol. The lowest BCUT2D eigenvalue weighted by atomic mass is 9.92. The quantitative estimate of drug-likeness (QED) is 0.272. The highest BCUT2D eigenvalue weighted by Crippen LogP contribution is 2.44. The Balaban J connectivity index is 1.31. The van der Waals surface area contributed by atoms with Gasteiger partial charge >= 0.3 is 6.01 Å². The van der Waals surface area contributed by atoms with Crippen molar-refractivity contribution in [2.45, 2.75) is 61.9 Å². The van der Waals surface area contributed by atoms with E-state index in [1.165, 1.54) is 30.5 Å². The van der Waals surface area contributed by atoms with Crippen LogP contribution in [0.4, 0.5) is 19.0 Å². The maximum absolute atomic E-state index is 16.9. The van der Waals surface area contributed by atoms with Gasteiger partial charge in [0.15, 0.2) is 5.82 Å². The summed E-state index contributed by atoms with van der Waals surface area (Å²) in [6.07, 6.45) is 8.15. The standard InChI is InChI=1S/C34H33F3N6O3/c1-2-24-27(36)6-3-18-9-23(45)10-25(28(18)24)30-29(37)31-26(13-39-30)32(42-15-20-4-5-21(42)12-38-20)41-33(40-31)46-17-34-8-7-22(16-44)43(34)14-19(35)11-34/h1,3,6,9-10,13,19-22,38,44-45H,4-5,7-8,11-12,14-17H2/i17D2. The van der Waals surface area contributed by atoms with E-state index in [2.05, 4.69) is 26.2 Å². The molecule has 3 N–H and O–H groups in total. The number of aliphatic hydroxyl groups excluding tert-OH is 1. The summed E-state index contributed by atoms with van der Waals surface area (Å²) in [5, 5.41) is 24.8. The summed E-state index contributed by atoms with van der Waals surface area (Å²) in [6, 6.07) is 4.59. The van der Waals surface area contributed by atoms with Gasteiger partial charge in [0, 0.05) is 61.3 Å². The Morgan fingerprint density at radius 3 is 2.80 bits per heavy atom. The third-order valence-electron chi connectivity index (χ3n) is 10.1. The highest BCUT2D eigenvalue weighted by molar-refractivity contribution is 6.03. The van der Waals surface area contributed by atoms with Crippen molar-refractivity contribution in [1.29, 1.82) is 0 Å². The van der Waals surface area contributed by atoms with Gasteiger partial charge in [0.05, 0.1) is 25.8 Å². The van der Waals surface area contributed by atoms with Gasteiger partial charge in [-0.3, -0.25) is 9.88 Å². The average molecular weight is 633 g/mol. The van der Waals surface area contributed by atoms with Crippen molar-refractivity contribution in [1.82, 2.24) is 25.2 Å². The number of hydrogen-bond acceptors (Lipinski definition) is 9. The van der Waals surface area contributed by atoms with Crippen LogP contribution in [0, 0.1) is 24.0 Å². The number of phenols is 1. The van der Waals surface area contributed by atoms with Gasteiger partial charge in [0.2, 0.25) is 0 Å². The van der Waals surface area contributed by atoms with Crippen molar-refractivity contribution in [3.8, 4) is 35.4 Å². The fraction of sp³-hybridized carbons (Fsp3) is 0.441. The molecule has 5 fully saturated rings. The zero-order valence-corrected chi connectivity index (χ0v) is 24.8. The van der Waals surface area contributed by atoms with Gasteiger partial charge in [-0.15, -0.1) is 6.42 Å². The SMILES string of the molecule is [2H]C([2H])(Oc1nc(N2CC3CCC2CN3)c2cnc(-c3cc(O)cc4ccc(F)c(C#C)c34)c(F)c2n1)C12CCC(CO)N1CC(F)C2. The second-order valence-electron chi connectivity index (χ2n) is 12.7. The molecule has 7 heterocycles. The Morgan fingerprint density at radius 2 is 2.07 bits per heavy atom. The number of aliphatic hydroxyl groups is 1. The van der Waals surface area contributed by atoms with Gasteiger partial charge in [-0.2, -0.15) is 9.97 Å². The van der Waals surface area contributed by atoms with Gasteiger partial charge in [0.1, 0.15) is 41.3 Å². The molecule has 2 aromatic heterocycles. The summed E-state index contributed by atoms with van der Waals surface area (Å²) in [4.78, 5) is 17.2. The minimum Gasteiger partial charge on any atom is -0.508 e. The summed E-state index contributed by atoms with van der Waals surface area (Å²) in [5.74, 6) is 0.817. The first-order valence-electron chi connectivity index (χ1n) is 16.5. The second-order valence-corrected chi connectivity index (χ2v) is 12.7. The topological polar surface area (TPSA) is 107 Å². The number of piperazine rings is 1. The van der Waals surface area contributed by atoms with Crippen molar-refractivity contribution in [3.05, 3.63) is 47.7 Å². The highest BCUT2D eigenvalue weighted by atomic mass is 19.1. The highest BCUT2D eigenvalue weighted by Gasteiger charge is 2.53. The number of pyridine rings is 1. The Bertz CT molecular complexity index is 2010. The number of aromatic nitrogens is 3. The smallest absolute Gasteiger partial charge is 0.319 e. The van der Waals surface area contributed by atoms with Crippen molar-refractivity contribution in [3.63, 3.8) is 0 Å². The summed E-state index contributed by atoms with van der Waals surface area (Å²) >= 11 is 0. The van der Waals surface area contributed by atoms with E-state index in [-0.39, 0.29) is 76.9 Å². The molecule has 5 aliphatic heterocycles. The second kappa shape index (κ2) is 11.0. The predicted octanol–water partition coefficient (Wildman–Crippen LogP) is 4.07. The number of fused-ring (bicyclic) bond motifs is 6. The van der Waals surface area contributed by atoms with E-state index in [4.69, 9.17) is 13.9 Å². The molecule has 0 amide bonds. The van der Waals surface area contributed by atoms with Crippen molar-refractivity contribution in [2.75, 3.05) is 37.7 Å². The number of alkyl halides is 1. The summed E-state index contributed by atoms with van der Waals surface area (Å²) in [7, 11) is 0. The van der Waals surface area contributed by atoms with Crippen LogP contribution in [0.5, 0.6) is 11.8 Å². The van der Waals surface area contributed by atoms with E-state index in [0.717, 1.165) is 12.8 Å². The lowest BCUT2D eigenvalue weighted by molar-refractivity contribution is 0.0642. The number of anilines is 1. The number of nitrogens with zero attached hydrogens (tertiary/aromatic N) is 5. The molecular formula is C34H33F3N6O3. The molecule has 0 spiro atoms. The third-order valence-corrected chi connectivity index (χ3v) is 10.1. The monoisotopic (exact) mass is 632 g/mol. The van der Waals surface area contributed by atoms with E-state index in [9.17, 15) is 19.0 Å². The molecule has 238 valence electrons. The number of phenolic OH excluding ortho intramolecular Hbond substituents is 1. The molecule has 9 nitrogen and oxygen atoms in total. The van der Waals surface area contributed by atoms with Gasteiger partial charge in [-0.25, -0.2) is 13.2 Å². The van der Waals surface area contributed by atoms with E-state index >= 15 is 4.39 Å². The fourth-order valence-electron chi connectivity index (χ4n) is 7.92. The van der Waals surface area contributed by atoms with Gasteiger partial charge in [0.25, 0.3) is 0 Å². The van der Waals surface area contributed by atoms with Crippen LogP contribution in [-0.2, 0) is 0 Å². The van der Waals surface area contributed by atoms with Crippen molar-refractivity contribution in [2.24, 2.45) is 0 Å². The first-order valence-corrected chi connectivity index (χ1v) is 15.5. The Kier molecular flexibility index (Phi) is 6.43.